The predicted octanol–water partition coefficient (Wildman–Crippen LogP) is 4.65. The molecule has 2 atom stereocenters. The van der Waals surface area contributed by atoms with Gasteiger partial charge in [0.1, 0.15) is 0 Å². The Bertz CT molecular complexity index is 390. The largest absolute Gasteiger partial charge is 0.317 e. The van der Waals surface area contributed by atoms with E-state index < -0.39 is 0 Å². The Labute approximate surface area is 125 Å². The second kappa shape index (κ2) is 7.83. The fourth-order valence-corrected chi connectivity index (χ4v) is 3.82. The van der Waals surface area contributed by atoms with E-state index in [1.54, 1.807) is 5.56 Å². The van der Waals surface area contributed by atoms with Gasteiger partial charge in [-0.1, -0.05) is 55.5 Å². The first-order valence-corrected chi connectivity index (χ1v) is 8.47. The van der Waals surface area contributed by atoms with Crippen LogP contribution in [0.1, 0.15) is 55.7 Å². The highest BCUT2D eigenvalue weighted by atomic mass is 14.8. The molecule has 0 aromatic heterocycles. The highest BCUT2D eigenvalue weighted by Gasteiger charge is 2.23. The molecule has 1 aliphatic rings. The van der Waals surface area contributed by atoms with Crippen LogP contribution in [-0.4, -0.2) is 13.1 Å². The molecule has 1 N–H and O–H groups in total. The van der Waals surface area contributed by atoms with Crippen molar-refractivity contribution in [2.75, 3.05) is 13.1 Å². The van der Waals surface area contributed by atoms with Gasteiger partial charge in [-0.3, -0.25) is 0 Å². The molecule has 1 heteroatoms. The van der Waals surface area contributed by atoms with Gasteiger partial charge in [0.25, 0.3) is 0 Å². The Morgan fingerprint density at radius 2 is 1.60 bits per heavy atom. The Hall–Kier alpha value is -0.820. The van der Waals surface area contributed by atoms with Gasteiger partial charge in [-0.25, -0.2) is 0 Å². The van der Waals surface area contributed by atoms with Crippen molar-refractivity contribution >= 4 is 0 Å². The summed E-state index contributed by atoms with van der Waals surface area (Å²) in [6, 6.07) is 7.07. The minimum Gasteiger partial charge on any atom is -0.317 e. The van der Waals surface area contributed by atoms with E-state index in [1.165, 1.54) is 56.2 Å². The smallest absolute Gasteiger partial charge is 0.00179 e. The molecule has 1 saturated carbocycles. The highest BCUT2D eigenvalue weighted by Crippen LogP contribution is 2.31. The van der Waals surface area contributed by atoms with Crippen molar-refractivity contribution in [2.45, 2.75) is 59.3 Å². The lowest BCUT2D eigenvalue weighted by molar-refractivity contribution is 0.299. The van der Waals surface area contributed by atoms with Crippen molar-refractivity contribution in [3.8, 4) is 0 Å². The summed E-state index contributed by atoms with van der Waals surface area (Å²) in [5.74, 6) is 1.75. The Kier molecular flexibility index (Phi) is 6.09. The molecule has 1 aromatic carbocycles. The van der Waals surface area contributed by atoms with Crippen LogP contribution < -0.4 is 5.32 Å². The second-order valence-corrected chi connectivity index (χ2v) is 6.67. The summed E-state index contributed by atoms with van der Waals surface area (Å²) in [4.78, 5) is 0. The van der Waals surface area contributed by atoms with Gasteiger partial charge in [-0.05, 0) is 63.6 Å². The maximum atomic E-state index is 3.58. The van der Waals surface area contributed by atoms with Gasteiger partial charge < -0.3 is 5.32 Å². The molecule has 1 fully saturated rings. The predicted molar refractivity (Wildman–Crippen MR) is 88.2 cm³/mol. The maximum absolute atomic E-state index is 3.58. The molecule has 2 unspecified atom stereocenters. The molecule has 0 amide bonds. The first-order valence-electron chi connectivity index (χ1n) is 8.47. The van der Waals surface area contributed by atoms with Gasteiger partial charge in [0.15, 0.2) is 0 Å². The minimum atomic E-state index is 0.873. The topological polar surface area (TPSA) is 12.0 Å². The van der Waals surface area contributed by atoms with Gasteiger partial charge >= 0.3 is 0 Å². The molecule has 0 heterocycles. The molecule has 20 heavy (non-hydrogen) atoms. The number of hydrogen-bond donors (Lipinski definition) is 1. The molecule has 0 radical (unpaired) electrons. The zero-order chi connectivity index (χ0) is 14.4. The van der Waals surface area contributed by atoms with Gasteiger partial charge in [0, 0.05) is 0 Å². The lowest BCUT2D eigenvalue weighted by Crippen LogP contribution is -2.28. The summed E-state index contributed by atoms with van der Waals surface area (Å²) in [5, 5.41) is 3.58. The quantitative estimate of drug-likeness (QED) is 0.770. The minimum absolute atomic E-state index is 0.873. The van der Waals surface area contributed by atoms with Crippen LogP contribution in [0, 0.1) is 25.7 Å². The molecular weight excluding hydrogens is 242 g/mol. The average Bonchev–Trinajstić information content (AvgIpc) is 2.60. The van der Waals surface area contributed by atoms with Crippen LogP contribution in [0.4, 0.5) is 0 Å². The van der Waals surface area contributed by atoms with Crippen molar-refractivity contribution in [3.63, 3.8) is 0 Å². The van der Waals surface area contributed by atoms with E-state index in [1.807, 2.05) is 0 Å². The van der Waals surface area contributed by atoms with Crippen molar-refractivity contribution in [2.24, 2.45) is 11.8 Å². The zero-order valence-corrected chi connectivity index (χ0v) is 13.5. The summed E-state index contributed by atoms with van der Waals surface area (Å²) in [6.07, 6.45) is 8.41. The molecule has 1 aromatic rings. The molecule has 112 valence electrons. The van der Waals surface area contributed by atoms with Crippen LogP contribution in [0.5, 0.6) is 0 Å². The van der Waals surface area contributed by atoms with Gasteiger partial charge in [0.2, 0.25) is 0 Å². The molecular formula is C19H31N. The zero-order valence-electron chi connectivity index (χ0n) is 13.5. The SMILES string of the molecule is CCNCC1CCCCCC1Cc1cc(C)cc(C)c1. The fourth-order valence-electron chi connectivity index (χ4n) is 3.82. The molecule has 0 spiro atoms. The van der Waals surface area contributed by atoms with Crippen molar-refractivity contribution in [3.05, 3.63) is 34.9 Å². The molecule has 2 rings (SSSR count). The second-order valence-electron chi connectivity index (χ2n) is 6.67. The summed E-state index contributed by atoms with van der Waals surface area (Å²) < 4.78 is 0. The van der Waals surface area contributed by atoms with Gasteiger partial charge in [-0.2, -0.15) is 0 Å². The van der Waals surface area contributed by atoms with Crippen LogP contribution in [-0.2, 0) is 6.42 Å². The molecule has 1 nitrogen and oxygen atoms in total. The molecule has 0 saturated heterocycles. The first-order chi connectivity index (χ1) is 9.69. The number of nitrogens with one attached hydrogen (secondary N) is 1. The lowest BCUT2D eigenvalue weighted by Gasteiger charge is -2.26. The Morgan fingerprint density at radius 1 is 0.950 bits per heavy atom. The van der Waals surface area contributed by atoms with Crippen LogP contribution >= 0.6 is 0 Å². The Balaban J connectivity index is 2.05. The van der Waals surface area contributed by atoms with Crippen LogP contribution in [0.2, 0.25) is 0 Å². The van der Waals surface area contributed by atoms with E-state index in [2.05, 4.69) is 44.3 Å². The summed E-state index contributed by atoms with van der Waals surface area (Å²) in [6.45, 7) is 8.98. The maximum Gasteiger partial charge on any atom is -0.00179 e. The van der Waals surface area contributed by atoms with E-state index in [0.29, 0.717) is 0 Å². The van der Waals surface area contributed by atoms with Crippen molar-refractivity contribution in [1.29, 1.82) is 0 Å². The van der Waals surface area contributed by atoms with Crippen LogP contribution in [0.25, 0.3) is 0 Å². The third-order valence-electron chi connectivity index (χ3n) is 4.75. The normalized spacial score (nSPS) is 23.6. The summed E-state index contributed by atoms with van der Waals surface area (Å²) in [7, 11) is 0. The van der Waals surface area contributed by atoms with E-state index in [0.717, 1.165) is 18.4 Å². The van der Waals surface area contributed by atoms with Crippen LogP contribution in [0.15, 0.2) is 18.2 Å². The number of benzene rings is 1. The third kappa shape index (κ3) is 4.63. The monoisotopic (exact) mass is 273 g/mol. The average molecular weight is 273 g/mol. The van der Waals surface area contributed by atoms with Gasteiger partial charge in [-0.15, -0.1) is 0 Å². The Morgan fingerprint density at radius 3 is 2.25 bits per heavy atom. The van der Waals surface area contributed by atoms with E-state index in [4.69, 9.17) is 0 Å². The van der Waals surface area contributed by atoms with Crippen molar-refractivity contribution < 1.29 is 0 Å². The van der Waals surface area contributed by atoms with E-state index >= 15 is 0 Å². The lowest BCUT2D eigenvalue weighted by atomic mass is 9.82. The number of hydrogen-bond acceptors (Lipinski definition) is 1. The van der Waals surface area contributed by atoms with Crippen LogP contribution in [0.3, 0.4) is 0 Å². The van der Waals surface area contributed by atoms with E-state index in [9.17, 15) is 0 Å². The van der Waals surface area contributed by atoms with Gasteiger partial charge in [0.05, 0.1) is 0 Å². The van der Waals surface area contributed by atoms with E-state index in [-0.39, 0.29) is 0 Å². The third-order valence-corrected chi connectivity index (χ3v) is 4.75. The molecule has 1 aliphatic carbocycles. The first kappa shape index (κ1) is 15.6. The molecule has 0 aliphatic heterocycles. The van der Waals surface area contributed by atoms with Crippen molar-refractivity contribution in [1.82, 2.24) is 5.32 Å². The molecule has 0 bridgehead atoms. The highest BCUT2D eigenvalue weighted by molar-refractivity contribution is 5.28. The standard InChI is InChI=1S/C19H31N/c1-4-20-14-19-9-7-5-6-8-18(19)13-17-11-15(2)10-16(3)12-17/h10-12,18-20H,4-9,13-14H2,1-3H3. The number of aryl methyl sites for hydroxylation is 2. The fraction of sp³-hybridized carbons (Fsp3) is 0.684. The summed E-state index contributed by atoms with van der Waals surface area (Å²) >= 11 is 0. The number of rotatable bonds is 5. The summed E-state index contributed by atoms with van der Waals surface area (Å²) in [5.41, 5.74) is 4.38.